The van der Waals surface area contributed by atoms with Gasteiger partial charge < -0.3 is 23.8 Å². The van der Waals surface area contributed by atoms with Gasteiger partial charge in [-0.25, -0.2) is 18.6 Å². The third kappa shape index (κ3) is 5.80. The van der Waals surface area contributed by atoms with Crippen molar-refractivity contribution in [2.45, 2.75) is 90.6 Å². The van der Waals surface area contributed by atoms with E-state index in [1.54, 1.807) is 27.8 Å². The molecule has 1 heterocycles. The van der Waals surface area contributed by atoms with Crippen molar-refractivity contribution in [2.24, 2.45) is 5.92 Å². The van der Waals surface area contributed by atoms with Gasteiger partial charge >= 0.3 is 6.09 Å². The lowest BCUT2D eigenvalue weighted by Crippen LogP contribution is -2.48. The third-order valence-corrected chi connectivity index (χ3v) is 11.8. The molecule has 1 amide bonds. The van der Waals surface area contributed by atoms with Gasteiger partial charge in [-0.15, -0.1) is 0 Å². The maximum absolute atomic E-state index is 15.3. The smallest absolute Gasteiger partial charge is 0.410 e. The molecule has 0 aliphatic heterocycles. The molecule has 0 spiro atoms. The van der Waals surface area contributed by atoms with Crippen LogP contribution in [0.2, 0.25) is 18.1 Å². The van der Waals surface area contributed by atoms with E-state index in [1.165, 1.54) is 4.90 Å². The number of hydrogen-bond acceptors (Lipinski definition) is 5. The van der Waals surface area contributed by atoms with Crippen LogP contribution in [0.25, 0.3) is 11.0 Å². The predicted octanol–water partition coefficient (Wildman–Crippen LogP) is 5.55. The molecule has 200 valence electrons. The van der Waals surface area contributed by atoms with Crippen LogP contribution in [-0.4, -0.2) is 60.9 Å². The van der Waals surface area contributed by atoms with Crippen molar-refractivity contribution in [1.29, 1.82) is 0 Å². The van der Waals surface area contributed by atoms with E-state index in [0.29, 0.717) is 5.82 Å². The van der Waals surface area contributed by atoms with Gasteiger partial charge in [0.1, 0.15) is 28.7 Å². The van der Waals surface area contributed by atoms with Gasteiger partial charge in [0.15, 0.2) is 20.0 Å². The molecule has 36 heavy (non-hydrogen) atoms. The second kappa shape index (κ2) is 9.85. The summed E-state index contributed by atoms with van der Waals surface area (Å²) in [4.78, 5) is 32.8. The molecular weight excluding hydrogens is 484 g/mol. The zero-order valence-corrected chi connectivity index (χ0v) is 23.8. The summed E-state index contributed by atoms with van der Waals surface area (Å²) >= 11 is 0. The lowest BCUT2D eigenvalue weighted by atomic mass is 10.1. The monoisotopic (exact) mass is 523 g/mol. The summed E-state index contributed by atoms with van der Waals surface area (Å²) in [7, 11) is -0.512. The summed E-state index contributed by atoms with van der Waals surface area (Å²) in [5.74, 6) is -1.24. The van der Waals surface area contributed by atoms with E-state index < -0.39 is 43.6 Å². The summed E-state index contributed by atoms with van der Waals surface area (Å²) in [5, 5.41) is -0.0341. The van der Waals surface area contributed by atoms with Gasteiger partial charge in [-0.2, -0.15) is 0 Å². The van der Waals surface area contributed by atoms with Crippen LogP contribution in [0.15, 0.2) is 0 Å². The Morgan fingerprint density at radius 2 is 1.75 bits per heavy atom. The average Bonchev–Trinajstić information content (AvgIpc) is 3.37. The van der Waals surface area contributed by atoms with Crippen LogP contribution in [0.3, 0.4) is 0 Å². The summed E-state index contributed by atoms with van der Waals surface area (Å²) in [5.41, 5.74) is -0.328. The van der Waals surface area contributed by atoms with E-state index in [4.69, 9.17) is 9.16 Å². The van der Waals surface area contributed by atoms with E-state index >= 15 is 8.78 Å². The second-order valence-electron chi connectivity index (χ2n) is 12.3. The van der Waals surface area contributed by atoms with Crippen molar-refractivity contribution in [3.63, 3.8) is 0 Å². The number of benzene rings is 1. The van der Waals surface area contributed by atoms with Crippen molar-refractivity contribution < 1.29 is 27.5 Å². The minimum atomic E-state index is -2.14. The van der Waals surface area contributed by atoms with E-state index in [1.807, 2.05) is 0 Å². The van der Waals surface area contributed by atoms with E-state index in [9.17, 15) is 9.59 Å². The Kier molecular flexibility index (Phi) is 7.73. The van der Waals surface area contributed by atoms with Crippen LogP contribution >= 0.6 is 0 Å². The average molecular weight is 524 g/mol. The zero-order valence-electron chi connectivity index (χ0n) is 22.8. The maximum Gasteiger partial charge on any atom is 0.410 e. The van der Waals surface area contributed by atoms with Crippen LogP contribution in [-0.2, 0) is 33.2 Å². The van der Waals surface area contributed by atoms with Crippen molar-refractivity contribution >= 4 is 31.7 Å². The fourth-order valence-electron chi connectivity index (χ4n) is 4.05. The number of aldehydes is 1. The van der Waals surface area contributed by atoms with Gasteiger partial charge in [0, 0.05) is 19.4 Å². The molecule has 0 saturated carbocycles. The van der Waals surface area contributed by atoms with Crippen LogP contribution in [0.1, 0.15) is 58.5 Å². The molecule has 2 atom stereocenters. The largest absolute Gasteiger partial charge is 0.444 e. The van der Waals surface area contributed by atoms with E-state index in [2.05, 4.69) is 43.8 Å². The SMILES string of the molecule is CN(C(=O)OC(C)(C)C)[C@H](CO[Si](C)(C)C(C)(C)C)Cc1nc2c(F)c3c(c(F)c2[nH]1)CC(C=O)C3. The first kappa shape index (κ1) is 28.2. The molecule has 1 N–H and O–H groups in total. The number of aromatic amines is 1. The Hall–Kier alpha value is -2.33. The van der Waals surface area contributed by atoms with Crippen LogP contribution in [0.4, 0.5) is 13.6 Å². The lowest BCUT2D eigenvalue weighted by Gasteiger charge is -2.38. The number of hydrogen-bond donors (Lipinski definition) is 1. The molecule has 10 heteroatoms. The highest BCUT2D eigenvalue weighted by atomic mass is 28.4. The number of H-pyrrole nitrogens is 1. The standard InChI is InChI=1S/C26H39F2N3O4Si/c1-25(2,3)35-24(33)31(7)16(14-34-36(8,9)26(4,5)6)12-19-29-22-20(27)17-10-15(13-32)11-18(17)21(28)23(22)30-19/h13,15-16H,10-12,14H2,1-9H3,(H,29,30)/t16-/m0/s1. The Morgan fingerprint density at radius 3 is 2.28 bits per heavy atom. The zero-order chi connectivity index (χ0) is 27.2. The highest BCUT2D eigenvalue weighted by molar-refractivity contribution is 6.74. The van der Waals surface area contributed by atoms with Gasteiger partial charge in [-0.3, -0.25) is 0 Å². The molecular formula is C26H39F2N3O4Si. The van der Waals surface area contributed by atoms with Gasteiger partial charge in [0.25, 0.3) is 0 Å². The van der Waals surface area contributed by atoms with E-state index in [0.717, 1.165) is 6.29 Å². The molecule has 0 radical (unpaired) electrons. The minimum Gasteiger partial charge on any atom is -0.444 e. The van der Waals surface area contributed by atoms with Crippen LogP contribution < -0.4 is 0 Å². The number of amides is 1. The summed E-state index contributed by atoms with van der Waals surface area (Å²) < 4.78 is 42.5. The fourth-order valence-corrected chi connectivity index (χ4v) is 5.09. The second-order valence-corrected chi connectivity index (χ2v) is 17.1. The first-order chi connectivity index (χ1) is 16.4. The normalized spacial score (nSPS) is 15.8. The molecule has 1 aromatic carbocycles. The topological polar surface area (TPSA) is 84.5 Å². The molecule has 0 saturated heterocycles. The molecule has 7 nitrogen and oxygen atoms in total. The van der Waals surface area contributed by atoms with Crippen molar-refractivity contribution in [3.8, 4) is 0 Å². The Balaban J connectivity index is 1.93. The molecule has 1 aliphatic carbocycles. The lowest BCUT2D eigenvalue weighted by molar-refractivity contribution is -0.110. The van der Waals surface area contributed by atoms with Crippen molar-refractivity contribution in [3.05, 3.63) is 28.6 Å². The van der Waals surface area contributed by atoms with Crippen LogP contribution in [0.5, 0.6) is 0 Å². The summed E-state index contributed by atoms with van der Waals surface area (Å²) in [6, 6.07) is -0.480. The number of nitrogens with one attached hydrogen (secondary N) is 1. The Labute approximate surface area is 213 Å². The minimum absolute atomic E-state index is 0.0169. The highest BCUT2D eigenvalue weighted by Crippen LogP contribution is 2.37. The van der Waals surface area contributed by atoms with Crippen molar-refractivity contribution in [1.82, 2.24) is 14.9 Å². The maximum atomic E-state index is 15.3. The molecule has 1 unspecified atom stereocenters. The molecule has 1 aromatic heterocycles. The highest BCUT2D eigenvalue weighted by Gasteiger charge is 2.39. The number of carbonyl (C=O) groups excluding carboxylic acids is 2. The number of aromatic nitrogens is 2. The fraction of sp³-hybridized carbons (Fsp3) is 0.654. The number of fused-ring (bicyclic) bond motifs is 2. The number of nitrogens with zero attached hydrogens (tertiary/aromatic N) is 2. The first-order valence-electron chi connectivity index (χ1n) is 12.4. The Morgan fingerprint density at radius 1 is 1.17 bits per heavy atom. The molecule has 3 rings (SSSR count). The molecule has 0 bridgehead atoms. The van der Waals surface area contributed by atoms with Gasteiger partial charge in [0.05, 0.1) is 12.6 Å². The first-order valence-corrected chi connectivity index (χ1v) is 15.3. The summed E-state index contributed by atoms with van der Waals surface area (Å²) in [6.07, 6.45) is 0.768. The molecule has 1 aliphatic rings. The van der Waals surface area contributed by atoms with Gasteiger partial charge in [-0.05, 0) is 62.9 Å². The predicted molar refractivity (Wildman–Crippen MR) is 138 cm³/mol. The van der Waals surface area contributed by atoms with Gasteiger partial charge in [-0.1, -0.05) is 20.8 Å². The quantitative estimate of drug-likeness (QED) is 0.380. The number of halogens is 2. The van der Waals surface area contributed by atoms with E-state index in [-0.39, 0.29) is 53.1 Å². The number of ether oxygens (including phenoxy) is 1. The number of likely N-dealkylation sites (N-methyl/N-ethyl adjacent to an activating group) is 1. The third-order valence-electron chi connectivity index (χ3n) is 7.30. The van der Waals surface area contributed by atoms with Crippen LogP contribution in [0, 0.1) is 17.6 Å². The Bertz CT molecular complexity index is 1100. The molecule has 2 aromatic rings. The number of imidazole rings is 1. The number of rotatable bonds is 7. The molecule has 0 fully saturated rings. The van der Waals surface area contributed by atoms with Crippen molar-refractivity contribution in [2.75, 3.05) is 13.7 Å². The number of carbonyl (C=O) groups is 2. The summed E-state index contributed by atoms with van der Waals surface area (Å²) in [6.45, 7) is 16.2. The van der Waals surface area contributed by atoms with Gasteiger partial charge in [0.2, 0.25) is 0 Å².